The van der Waals surface area contributed by atoms with Gasteiger partial charge in [0.15, 0.2) is 11.3 Å². The third-order valence-electron chi connectivity index (χ3n) is 4.61. The van der Waals surface area contributed by atoms with Gasteiger partial charge in [-0.15, -0.1) is 0 Å². The Hall–Kier alpha value is -2.42. The molecule has 0 spiro atoms. The van der Waals surface area contributed by atoms with Crippen molar-refractivity contribution in [3.05, 3.63) is 64.0 Å². The fourth-order valence-corrected chi connectivity index (χ4v) is 3.29. The fourth-order valence-electron chi connectivity index (χ4n) is 3.29. The smallest absolute Gasteiger partial charge is 0.363 e. The highest BCUT2D eigenvalue weighted by molar-refractivity contribution is 5.77. The number of hydrogen-bond donors (Lipinski definition) is 0. The van der Waals surface area contributed by atoms with E-state index in [4.69, 9.17) is 4.42 Å². The molecule has 22 heavy (non-hydrogen) atoms. The van der Waals surface area contributed by atoms with Crippen molar-refractivity contribution < 1.29 is 4.42 Å². The van der Waals surface area contributed by atoms with E-state index in [9.17, 15) is 4.79 Å². The van der Waals surface area contributed by atoms with E-state index in [2.05, 4.69) is 24.9 Å². The first-order valence-corrected chi connectivity index (χ1v) is 7.58. The minimum atomic E-state index is -0.379. The lowest BCUT2D eigenvalue weighted by molar-refractivity contribution is 0.522. The highest BCUT2D eigenvalue weighted by atomic mass is 16.4. The second-order valence-electron chi connectivity index (χ2n) is 6.58. The predicted molar refractivity (Wildman–Crippen MR) is 87.1 cm³/mol. The molecule has 4 rings (SSSR count). The summed E-state index contributed by atoms with van der Waals surface area (Å²) >= 11 is 0. The van der Waals surface area contributed by atoms with Gasteiger partial charge in [0, 0.05) is 5.56 Å². The van der Waals surface area contributed by atoms with Crippen LogP contribution in [0, 0.1) is 0 Å². The lowest BCUT2D eigenvalue weighted by atomic mass is 9.86. The van der Waals surface area contributed by atoms with E-state index in [0.29, 0.717) is 11.3 Å². The van der Waals surface area contributed by atoms with E-state index >= 15 is 0 Å². The van der Waals surface area contributed by atoms with Crippen LogP contribution in [0.1, 0.15) is 31.4 Å². The number of hydrogen-bond acceptors (Lipinski definition) is 3. The van der Waals surface area contributed by atoms with Gasteiger partial charge in [-0.3, -0.25) is 0 Å². The Morgan fingerprint density at radius 3 is 2.68 bits per heavy atom. The van der Waals surface area contributed by atoms with Gasteiger partial charge in [0.2, 0.25) is 0 Å². The topological polar surface area (TPSA) is 43.1 Å². The molecule has 1 aliphatic rings. The van der Waals surface area contributed by atoms with Crippen LogP contribution >= 0.6 is 0 Å². The van der Waals surface area contributed by atoms with Gasteiger partial charge in [0.25, 0.3) is 0 Å². The zero-order chi connectivity index (χ0) is 15.3. The molecule has 0 unspecified atom stereocenters. The molecule has 0 fully saturated rings. The van der Waals surface area contributed by atoms with Crippen LogP contribution in [0.4, 0.5) is 0 Å². The Labute approximate surface area is 128 Å². The lowest BCUT2D eigenvalue weighted by Crippen LogP contribution is -2.12. The van der Waals surface area contributed by atoms with Crippen molar-refractivity contribution in [1.29, 1.82) is 0 Å². The summed E-state index contributed by atoms with van der Waals surface area (Å²) in [5, 5.41) is 0. The van der Waals surface area contributed by atoms with Gasteiger partial charge in [-0.2, -0.15) is 0 Å². The summed E-state index contributed by atoms with van der Waals surface area (Å²) in [5.74, 6) is 0. The molecule has 0 N–H and O–H groups in total. The Balaban J connectivity index is 1.98. The predicted octanol–water partition coefficient (Wildman–Crippen LogP) is 4.08. The van der Waals surface area contributed by atoms with Crippen molar-refractivity contribution in [1.82, 2.24) is 4.98 Å². The van der Waals surface area contributed by atoms with Gasteiger partial charge >= 0.3 is 5.63 Å². The molecular formula is C19H17NO2. The van der Waals surface area contributed by atoms with Gasteiger partial charge in [-0.25, -0.2) is 9.78 Å². The summed E-state index contributed by atoms with van der Waals surface area (Å²) < 4.78 is 5.52. The Morgan fingerprint density at radius 2 is 1.91 bits per heavy atom. The Morgan fingerprint density at radius 1 is 1.14 bits per heavy atom. The molecule has 3 heteroatoms. The van der Waals surface area contributed by atoms with Gasteiger partial charge < -0.3 is 4.42 Å². The molecule has 1 aromatic heterocycles. The van der Waals surface area contributed by atoms with Gasteiger partial charge in [0.1, 0.15) is 5.52 Å². The van der Waals surface area contributed by atoms with Gasteiger partial charge in [-0.1, -0.05) is 44.2 Å². The number of nitrogens with zero attached hydrogens (tertiary/aromatic N) is 1. The standard InChI is InChI=1S/C19H17NO2/c1-19(2)9-8-13-10-16-15(11-14(13)19)20-17(18(21)22-16)12-6-4-3-5-7-12/h3-7,10-11H,8-9H2,1-2H3. The summed E-state index contributed by atoms with van der Waals surface area (Å²) in [5.41, 5.74) is 4.88. The van der Waals surface area contributed by atoms with E-state index in [1.807, 2.05) is 36.4 Å². The van der Waals surface area contributed by atoms with Crippen molar-refractivity contribution in [3.63, 3.8) is 0 Å². The number of benzene rings is 2. The second-order valence-corrected chi connectivity index (χ2v) is 6.58. The Kier molecular flexibility index (Phi) is 2.73. The van der Waals surface area contributed by atoms with Crippen LogP contribution in [-0.4, -0.2) is 4.98 Å². The summed E-state index contributed by atoms with van der Waals surface area (Å²) in [6, 6.07) is 13.5. The minimum absolute atomic E-state index is 0.161. The fraction of sp³-hybridized carbons (Fsp3) is 0.263. The van der Waals surface area contributed by atoms with Gasteiger partial charge in [-0.05, 0) is 41.5 Å². The zero-order valence-corrected chi connectivity index (χ0v) is 12.7. The molecular weight excluding hydrogens is 274 g/mol. The van der Waals surface area contributed by atoms with Crippen LogP contribution in [0.3, 0.4) is 0 Å². The maximum Gasteiger partial charge on any atom is 0.363 e. The van der Waals surface area contributed by atoms with E-state index < -0.39 is 0 Å². The van der Waals surface area contributed by atoms with Crippen molar-refractivity contribution in [2.45, 2.75) is 32.1 Å². The van der Waals surface area contributed by atoms with Crippen LogP contribution in [0.5, 0.6) is 0 Å². The molecule has 3 nitrogen and oxygen atoms in total. The molecule has 0 radical (unpaired) electrons. The van der Waals surface area contributed by atoms with Crippen LogP contribution in [0.15, 0.2) is 51.7 Å². The quantitative estimate of drug-likeness (QED) is 0.678. The van der Waals surface area contributed by atoms with E-state index in [-0.39, 0.29) is 11.0 Å². The highest BCUT2D eigenvalue weighted by Gasteiger charge is 2.30. The molecule has 110 valence electrons. The zero-order valence-electron chi connectivity index (χ0n) is 12.7. The number of rotatable bonds is 1. The van der Waals surface area contributed by atoms with E-state index in [1.165, 1.54) is 11.1 Å². The molecule has 0 aliphatic heterocycles. The maximum absolute atomic E-state index is 12.2. The average Bonchev–Trinajstić information content (AvgIpc) is 2.80. The monoisotopic (exact) mass is 291 g/mol. The normalized spacial score (nSPS) is 15.9. The number of aromatic nitrogens is 1. The van der Waals surface area contributed by atoms with Crippen molar-refractivity contribution in [2.75, 3.05) is 0 Å². The average molecular weight is 291 g/mol. The third kappa shape index (κ3) is 1.97. The SMILES string of the molecule is CC1(C)CCc2cc3oc(=O)c(-c4ccccc4)nc3cc21. The third-order valence-corrected chi connectivity index (χ3v) is 4.61. The lowest BCUT2D eigenvalue weighted by Gasteiger charge is -2.18. The molecule has 1 heterocycles. The summed E-state index contributed by atoms with van der Waals surface area (Å²) in [6.45, 7) is 4.50. The second kappa shape index (κ2) is 4.54. The van der Waals surface area contributed by atoms with E-state index in [0.717, 1.165) is 23.9 Å². The molecule has 0 saturated heterocycles. The molecule has 0 atom stereocenters. The van der Waals surface area contributed by atoms with Crippen molar-refractivity contribution in [2.24, 2.45) is 0 Å². The summed E-state index contributed by atoms with van der Waals surface area (Å²) in [7, 11) is 0. The number of fused-ring (bicyclic) bond motifs is 2. The first-order chi connectivity index (χ1) is 10.5. The molecule has 0 bridgehead atoms. The summed E-state index contributed by atoms with van der Waals surface area (Å²) in [6.07, 6.45) is 2.15. The molecule has 0 saturated carbocycles. The first-order valence-electron chi connectivity index (χ1n) is 7.58. The van der Waals surface area contributed by atoms with Crippen LogP contribution in [-0.2, 0) is 11.8 Å². The van der Waals surface area contributed by atoms with Gasteiger partial charge in [0.05, 0.1) is 0 Å². The van der Waals surface area contributed by atoms with Crippen LogP contribution in [0.25, 0.3) is 22.4 Å². The Bertz CT molecular complexity index is 923. The van der Waals surface area contributed by atoms with Crippen molar-refractivity contribution in [3.8, 4) is 11.3 Å². The largest absolute Gasteiger partial charge is 0.419 e. The molecule has 1 aliphatic carbocycles. The van der Waals surface area contributed by atoms with E-state index in [1.54, 1.807) is 0 Å². The highest BCUT2D eigenvalue weighted by Crippen LogP contribution is 2.39. The minimum Gasteiger partial charge on any atom is -0.419 e. The van der Waals surface area contributed by atoms with Crippen molar-refractivity contribution >= 4 is 11.1 Å². The first kappa shape index (κ1) is 13.3. The molecule has 2 aromatic carbocycles. The molecule has 0 amide bonds. The molecule has 3 aromatic rings. The van der Waals surface area contributed by atoms with Crippen LogP contribution < -0.4 is 5.63 Å². The number of aryl methyl sites for hydroxylation is 1. The summed E-state index contributed by atoms with van der Waals surface area (Å²) in [4.78, 5) is 16.8. The van der Waals surface area contributed by atoms with Crippen LogP contribution in [0.2, 0.25) is 0 Å². The maximum atomic E-state index is 12.2.